The summed E-state index contributed by atoms with van der Waals surface area (Å²) in [7, 11) is -3.55. The maximum atomic E-state index is 14.5. The van der Waals surface area contributed by atoms with Crippen LogP contribution in [0, 0.1) is 11.6 Å². The van der Waals surface area contributed by atoms with E-state index >= 15 is 0 Å². The van der Waals surface area contributed by atoms with Gasteiger partial charge in [-0.2, -0.15) is 30.7 Å². The second-order valence-electron chi connectivity index (χ2n) is 14.4. The Bertz CT molecular complexity index is 2210. The number of halogens is 8. The van der Waals surface area contributed by atoms with Gasteiger partial charge in [-0.15, -0.1) is 0 Å². The van der Waals surface area contributed by atoms with Gasteiger partial charge in [0.05, 0.1) is 31.6 Å². The zero-order valence-corrected chi connectivity index (χ0v) is 33.0. The van der Waals surface area contributed by atoms with Crippen molar-refractivity contribution < 1.29 is 43.5 Å². The molecule has 18 heteroatoms. The van der Waals surface area contributed by atoms with Crippen LogP contribution < -0.4 is 4.72 Å². The lowest BCUT2D eigenvalue weighted by molar-refractivity contribution is -0.138. The lowest BCUT2D eigenvalue weighted by atomic mass is 9.83. The highest BCUT2D eigenvalue weighted by Crippen LogP contribution is 2.38. The van der Waals surface area contributed by atoms with Crippen LogP contribution in [-0.4, -0.2) is 43.6 Å². The van der Waals surface area contributed by atoms with Gasteiger partial charge in [-0.3, -0.25) is 0 Å². The minimum absolute atomic E-state index is 0.0421. The van der Waals surface area contributed by atoms with Gasteiger partial charge in [-0.1, -0.05) is 30.3 Å². The van der Waals surface area contributed by atoms with E-state index in [0.29, 0.717) is 12.1 Å². The van der Waals surface area contributed by atoms with E-state index in [1.54, 1.807) is 77.9 Å². The fraction of sp³-hybridized carbons (Fsp3) is 0.308. The third kappa shape index (κ3) is 12.1. The maximum Gasteiger partial charge on any atom is 0.416 e. The Morgan fingerprint density at radius 2 is 1.12 bits per heavy atom. The number of rotatable bonds is 9. The van der Waals surface area contributed by atoms with Gasteiger partial charge in [0, 0.05) is 36.8 Å². The molecule has 3 aromatic carbocycles. The van der Waals surface area contributed by atoms with Crippen molar-refractivity contribution in [2.45, 2.75) is 75.3 Å². The number of hydrogen-bond acceptors (Lipinski definition) is 6. The summed E-state index contributed by atoms with van der Waals surface area (Å²) in [5, 5.41) is 0. The molecular weight excluding hydrogens is 801 g/mol. The molecule has 0 fully saturated rings. The first-order valence-corrected chi connectivity index (χ1v) is 19.2. The minimum Gasteiger partial charge on any atom is -0.242 e. The summed E-state index contributed by atoms with van der Waals surface area (Å²) < 4.78 is 139. The zero-order valence-electron chi connectivity index (χ0n) is 31.4. The highest BCUT2D eigenvalue weighted by atomic mass is 32.2. The topological polar surface area (TPSA) is 110 Å². The highest BCUT2D eigenvalue weighted by Gasteiger charge is 2.43. The first kappa shape index (κ1) is 44.9. The molecule has 5 rings (SSSR count). The van der Waals surface area contributed by atoms with Gasteiger partial charge in [0.1, 0.15) is 33.9 Å². The van der Waals surface area contributed by atoms with Gasteiger partial charge in [0.15, 0.2) is 11.6 Å². The van der Waals surface area contributed by atoms with E-state index in [1.165, 1.54) is 30.9 Å². The van der Waals surface area contributed by atoms with Gasteiger partial charge in [-0.25, -0.2) is 41.9 Å². The third-order valence-electron chi connectivity index (χ3n) is 7.77. The molecule has 3 atom stereocenters. The molecule has 0 aliphatic heterocycles. The quantitative estimate of drug-likeness (QED) is 0.117. The molecule has 0 amide bonds. The van der Waals surface area contributed by atoms with Crippen LogP contribution in [0.4, 0.5) is 35.1 Å². The summed E-state index contributed by atoms with van der Waals surface area (Å²) in [6.07, 6.45) is -3.86. The number of nitrogens with one attached hydrogen (secondary N) is 1. The molecule has 5 aromatic rings. The molecule has 0 unspecified atom stereocenters. The Morgan fingerprint density at radius 1 is 0.632 bits per heavy atom. The van der Waals surface area contributed by atoms with E-state index in [1.807, 2.05) is 0 Å². The number of alkyl halides is 6. The fourth-order valence-electron chi connectivity index (χ4n) is 4.94. The number of nitrogens with zero attached hydrogens (tertiary/aromatic N) is 5. The van der Waals surface area contributed by atoms with Crippen molar-refractivity contribution in [2.24, 2.45) is 4.40 Å². The van der Waals surface area contributed by atoms with Gasteiger partial charge < -0.3 is 0 Å². The highest BCUT2D eigenvalue weighted by molar-refractivity contribution is 7.85. The first-order chi connectivity index (χ1) is 26.4. The van der Waals surface area contributed by atoms with E-state index in [4.69, 9.17) is 0 Å². The summed E-state index contributed by atoms with van der Waals surface area (Å²) in [6.45, 7) is 10.1. The molecule has 0 spiro atoms. The molecule has 304 valence electrons. The average Bonchev–Trinajstić information content (AvgIpc) is 3.13. The van der Waals surface area contributed by atoms with Gasteiger partial charge in [0.25, 0.3) is 0 Å². The molecule has 57 heavy (non-hydrogen) atoms. The lowest BCUT2D eigenvalue weighted by Crippen LogP contribution is -2.51. The van der Waals surface area contributed by atoms with E-state index in [0.717, 1.165) is 29.8 Å². The van der Waals surface area contributed by atoms with Crippen molar-refractivity contribution in [3.05, 3.63) is 155 Å². The van der Waals surface area contributed by atoms with Crippen molar-refractivity contribution >= 4 is 27.7 Å². The SMILES string of the molecule is CC(C)(C)[S@@](=O)N=C(c1cc(F)cc(C(F)(F)F)c1)c1ncccn1.CC(C)(C)[S@@](=O)N[C@@](Cc1ccccc1)(c1cc(F)cc(C(F)(F)F)c1)c1ncccn1. The summed E-state index contributed by atoms with van der Waals surface area (Å²) in [5.74, 6) is -2.11. The van der Waals surface area contributed by atoms with Crippen LogP contribution in [-0.2, 0) is 46.3 Å². The second-order valence-corrected chi connectivity index (χ2v) is 18.3. The standard InChI is InChI=1S/C23H23F4N3OS.C16H15F4N3OS/c1-21(2,3)32(31)30-22(20-28-10-7-11-29-20,15-16-8-5-4-6-9-16)17-12-18(23(25,26)27)14-19(24)13-17;1-15(2,3)25(24)23-13(14-21-5-4-6-22-14)10-7-11(16(18,19)20)9-12(17)8-10/h4-14,30H,15H2,1-3H3;4-9H,1-3H3/t22-,32+;25-/m01/s1. The predicted octanol–water partition coefficient (Wildman–Crippen LogP) is 9.11. The third-order valence-corrected chi connectivity index (χ3v) is 10.8. The Morgan fingerprint density at radius 3 is 1.63 bits per heavy atom. The summed E-state index contributed by atoms with van der Waals surface area (Å²) in [5.41, 5.74) is -3.64. The van der Waals surface area contributed by atoms with Crippen molar-refractivity contribution in [3.8, 4) is 0 Å². The maximum absolute atomic E-state index is 14.5. The minimum atomic E-state index is -4.77. The van der Waals surface area contributed by atoms with E-state index in [9.17, 15) is 43.5 Å². The molecule has 8 nitrogen and oxygen atoms in total. The van der Waals surface area contributed by atoms with Crippen LogP contribution in [0.5, 0.6) is 0 Å². The molecule has 1 N–H and O–H groups in total. The van der Waals surface area contributed by atoms with E-state index in [-0.39, 0.29) is 34.9 Å². The lowest BCUT2D eigenvalue weighted by Gasteiger charge is -2.36. The molecule has 2 heterocycles. The molecule has 0 aliphatic carbocycles. The molecule has 0 bridgehead atoms. The number of benzene rings is 3. The largest absolute Gasteiger partial charge is 0.416 e. The van der Waals surface area contributed by atoms with Gasteiger partial charge in [0.2, 0.25) is 0 Å². The monoisotopic (exact) mass is 838 g/mol. The number of hydrogen-bond donors (Lipinski definition) is 1. The number of aromatic nitrogens is 4. The first-order valence-electron chi connectivity index (χ1n) is 17.0. The van der Waals surface area contributed by atoms with Crippen LogP contribution in [0.25, 0.3) is 0 Å². The Labute approximate surface area is 329 Å². The second kappa shape index (κ2) is 17.8. The van der Waals surface area contributed by atoms with E-state index < -0.39 is 72.1 Å². The zero-order chi connectivity index (χ0) is 42.4. The van der Waals surface area contributed by atoms with Crippen LogP contribution in [0.1, 0.15) is 81.0 Å². The van der Waals surface area contributed by atoms with Crippen molar-refractivity contribution in [1.29, 1.82) is 0 Å². The van der Waals surface area contributed by atoms with Crippen molar-refractivity contribution in [2.75, 3.05) is 0 Å². The normalized spacial score (nSPS) is 14.9. The molecule has 0 saturated carbocycles. The van der Waals surface area contributed by atoms with Crippen LogP contribution >= 0.6 is 0 Å². The summed E-state index contributed by atoms with van der Waals surface area (Å²) in [4.78, 5) is 16.4. The van der Waals surface area contributed by atoms with Crippen LogP contribution in [0.3, 0.4) is 0 Å². The van der Waals surface area contributed by atoms with Crippen LogP contribution in [0.2, 0.25) is 0 Å². The predicted molar refractivity (Wildman–Crippen MR) is 202 cm³/mol. The molecular formula is C39H38F8N6O2S2. The Hall–Kier alpha value is -4.81. The van der Waals surface area contributed by atoms with Crippen molar-refractivity contribution in [1.82, 2.24) is 24.7 Å². The summed E-state index contributed by atoms with van der Waals surface area (Å²) >= 11 is 0. The van der Waals surface area contributed by atoms with Gasteiger partial charge >= 0.3 is 12.4 Å². The Balaban J connectivity index is 0.000000261. The molecule has 0 radical (unpaired) electrons. The van der Waals surface area contributed by atoms with Crippen LogP contribution in [0.15, 0.2) is 108 Å². The molecule has 2 aromatic heterocycles. The smallest absolute Gasteiger partial charge is 0.242 e. The molecule has 0 saturated heterocycles. The van der Waals surface area contributed by atoms with Crippen molar-refractivity contribution in [3.63, 3.8) is 0 Å². The average molecular weight is 839 g/mol. The van der Waals surface area contributed by atoms with E-state index in [2.05, 4.69) is 29.1 Å². The Kier molecular flexibility index (Phi) is 14.0. The fourth-order valence-corrected chi connectivity index (χ4v) is 6.47. The molecule has 0 aliphatic rings. The summed E-state index contributed by atoms with van der Waals surface area (Å²) in [6, 6.07) is 16.3. The van der Waals surface area contributed by atoms with Gasteiger partial charge in [-0.05, 0) is 101 Å².